The monoisotopic (exact) mass is 566 g/mol. The van der Waals surface area contributed by atoms with Crippen LogP contribution in [0.25, 0.3) is 22.3 Å². The molecule has 1 aliphatic heterocycles. The molecule has 0 radical (unpaired) electrons. The quantitative estimate of drug-likeness (QED) is 0.320. The van der Waals surface area contributed by atoms with E-state index in [0.29, 0.717) is 39.1 Å². The highest BCUT2D eigenvalue weighted by Gasteiger charge is 2.34. The second-order valence-corrected chi connectivity index (χ2v) is 10.1. The normalized spacial score (nSPS) is 14.5. The summed E-state index contributed by atoms with van der Waals surface area (Å²) in [6.45, 7) is 8.20. The minimum absolute atomic E-state index is 0.291. The van der Waals surface area contributed by atoms with Crippen molar-refractivity contribution in [1.82, 2.24) is 34.7 Å². The Hall–Kier alpha value is -4.06. The fourth-order valence-electron chi connectivity index (χ4n) is 5.12. The van der Waals surface area contributed by atoms with Gasteiger partial charge in [0.25, 0.3) is 0 Å². The van der Waals surface area contributed by atoms with E-state index in [4.69, 9.17) is 4.98 Å². The lowest BCUT2D eigenvalue weighted by molar-refractivity contribution is -0.162. The van der Waals surface area contributed by atoms with Gasteiger partial charge in [-0.25, -0.2) is 15.0 Å². The molecule has 0 bridgehead atoms. The Morgan fingerprint density at radius 3 is 2.51 bits per heavy atom. The van der Waals surface area contributed by atoms with Crippen molar-refractivity contribution in [2.24, 2.45) is 0 Å². The van der Waals surface area contributed by atoms with Gasteiger partial charge < -0.3 is 14.8 Å². The number of nitrogens with one attached hydrogen (secondary N) is 1. The molecule has 1 amide bonds. The van der Waals surface area contributed by atoms with Crippen LogP contribution in [0.4, 0.5) is 19.0 Å². The van der Waals surface area contributed by atoms with Crippen molar-refractivity contribution in [1.29, 1.82) is 0 Å². The number of benzene rings is 1. The molecule has 4 heterocycles. The van der Waals surface area contributed by atoms with E-state index in [0.717, 1.165) is 58.3 Å². The van der Waals surface area contributed by atoms with Crippen molar-refractivity contribution in [3.05, 3.63) is 66.0 Å². The molecule has 0 aliphatic carbocycles. The van der Waals surface area contributed by atoms with E-state index in [1.54, 1.807) is 12.5 Å². The fourth-order valence-corrected chi connectivity index (χ4v) is 5.12. The highest BCUT2D eigenvalue weighted by molar-refractivity contribution is 5.81. The van der Waals surface area contributed by atoms with Crippen LogP contribution >= 0.6 is 0 Å². The number of pyridine rings is 1. The van der Waals surface area contributed by atoms with Gasteiger partial charge in [-0.2, -0.15) is 13.2 Å². The molecular weight excluding hydrogens is 533 g/mol. The van der Waals surface area contributed by atoms with Crippen molar-refractivity contribution < 1.29 is 18.0 Å². The molecule has 0 saturated carbocycles. The number of H-pyrrole nitrogens is 1. The van der Waals surface area contributed by atoms with E-state index in [1.165, 1.54) is 4.90 Å². The van der Waals surface area contributed by atoms with Gasteiger partial charge in [0.2, 0.25) is 5.91 Å². The van der Waals surface area contributed by atoms with Gasteiger partial charge in [0.1, 0.15) is 24.4 Å². The minimum atomic E-state index is -4.48. The number of carbonyl (C=O) groups excluding carboxylic acids is 1. The highest BCUT2D eigenvalue weighted by Crippen LogP contribution is 2.25. The molecule has 4 aromatic rings. The van der Waals surface area contributed by atoms with Crippen molar-refractivity contribution in [3.8, 4) is 11.3 Å². The molecule has 1 fully saturated rings. The summed E-state index contributed by atoms with van der Waals surface area (Å²) in [4.78, 5) is 39.1. The number of amides is 1. The molecule has 1 aliphatic rings. The van der Waals surface area contributed by atoms with Gasteiger partial charge >= 0.3 is 6.18 Å². The number of hydrogen-bond donors (Lipinski definition) is 1. The van der Waals surface area contributed by atoms with Crippen LogP contribution in [0.3, 0.4) is 0 Å². The first kappa shape index (κ1) is 28.5. The van der Waals surface area contributed by atoms with Crippen molar-refractivity contribution in [3.63, 3.8) is 0 Å². The molecule has 0 spiro atoms. The Morgan fingerprint density at radius 1 is 1.00 bits per heavy atom. The molecule has 0 atom stereocenters. The van der Waals surface area contributed by atoms with Gasteiger partial charge in [0.15, 0.2) is 0 Å². The number of aromatic nitrogens is 5. The summed E-state index contributed by atoms with van der Waals surface area (Å²) in [6, 6.07) is 12.0. The third-order valence-electron chi connectivity index (χ3n) is 7.28. The summed E-state index contributed by atoms with van der Waals surface area (Å²) < 4.78 is 37.7. The maximum atomic E-state index is 12.6. The Kier molecular flexibility index (Phi) is 8.48. The number of piperazine rings is 1. The van der Waals surface area contributed by atoms with Gasteiger partial charge in [-0.05, 0) is 43.7 Å². The summed E-state index contributed by atoms with van der Waals surface area (Å²) in [7, 11) is 0. The molecule has 216 valence electrons. The third kappa shape index (κ3) is 7.18. The summed E-state index contributed by atoms with van der Waals surface area (Å²) in [6.07, 6.45) is -2.00. The summed E-state index contributed by atoms with van der Waals surface area (Å²) in [5, 5.41) is 0. The van der Waals surface area contributed by atoms with Gasteiger partial charge in [0, 0.05) is 75.8 Å². The first-order valence-corrected chi connectivity index (χ1v) is 13.8. The Morgan fingerprint density at radius 2 is 1.78 bits per heavy atom. The number of carbonyl (C=O) groups is 1. The zero-order valence-corrected chi connectivity index (χ0v) is 23.2. The van der Waals surface area contributed by atoms with Gasteiger partial charge in [0.05, 0.1) is 16.7 Å². The summed E-state index contributed by atoms with van der Waals surface area (Å²) in [5.41, 5.74) is 5.51. The topological polar surface area (TPSA) is 94.1 Å². The Labute approximate surface area is 236 Å². The number of alkyl halides is 3. The fraction of sp³-hybridized carbons (Fsp3) is 0.414. The van der Waals surface area contributed by atoms with Crippen LogP contribution in [0.2, 0.25) is 0 Å². The van der Waals surface area contributed by atoms with Crippen LogP contribution in [-0.4, -0.2) is 86.1 Å². The average molecular weight is 567 g/mol. The molecule has 5 rings (SSSR count). The number of fused-ring (bicyclic) bond motifs is 1. The van der Waals surface area contributed by atoms with Crippen LogP contribution < -0.4 is 4.90 Å². The molecule has 0 unspecified atom stereocenters. The van der Waals surface area contributed by atoms with Crippen molar-refractivity contribution in [2.45, 2.75) is 39.4 Å². The van der Waals surface area contributed by atoms with E-state index in [-0.39, 0.29) is 0 Å². The molecule has 12 heteroatoms. The predicted octanol–water partition coefficient (Wildman–Crippen LogP) is 4.45. The van der Waals surface area contributed by atoms with E-state index in [2.05, 4.69) is 43.6 Å². The number of imidazole rings is 1. The first-order valence-electron chi connectivity index (χ1n) is 13.8. The van der Waals surface area contributed by atoms with E-state index >= 15 is 0 Å². The number of anilines is 1. The maximum Gasteiger partial charge on any atom is 0.397 e. The van der Waals surface area contributed by atoms with Crippen LogP contribution in [0.1, 0.15) is 37.4 Å². The second kappa shape index (κ2) is 12.2. The summed E-state index contributed by atoms with van der Waals surface area (Å²) >= 11 is 0. The number of aromatic amines is 1. The van der Waals surface area contributed by atoms with E-state index in [9.17, 15) is 18.0 Å². The molecule has 1 N–H and O–H groups in total. The molecule has 3 aromatic heterocycles. The van der Waals surface area contributed by atoms with Gasteiger partial charge in [-0.15, -0.1) is 0 Å². The molecule has 9 nitrogen and oxygen atoms in total. The average Bonchev–Trinajstić information content (AvgIpc) is 3.35. The lowest BCUT2D eigenvalue weighted by Crippen LogP contribution is -2.49. The van der Waals surface area contributed by atoms with Crippen LogP contribution in [0, 0.1) is 0 Å². The lowest BCUT2D eigenvalue weighted by Gasteiger charge is -2.35. The predicted molar refractivity (Wildman–Crippen MR) is 150 cm³/mol. The number of halogens is 3. The summed E-state index contributed by atoms with van der Waals surface area (Å²) in [5.74, 6) is 0.834. The maximum absolute atomic E-state index is 12.6. The molecule has 41 heavy (non-hydrogen) atoms. The number of hydrogen-bond acceptors (Lipinski definition) is 7. The first-order chi connectivity index (χ1) is 19.7. The second-order valence-electron chi connectivity index (χ2n) is 10.1. The molecule has 1 saturated heterocycles. The van der Waals surface area contributed by atoms with Crippen LogP contribution in [0.15, 0.2) is 48.9 Å². The zero-order chi connectivity index (χ0) is 29.0. The number of nitrogens with zero attached hydrogens (tertiary/aromatic N) is 7. The standard InChI is InChI=1S/C29H33F3N8O/c1-3-39(4-2)27-16-24(34-19-35-27)21-5-6-23-25(14-21)37-26(36-23)15-22-13-20(7-8-33-22)18-38-9-11-40(12-10-38)28(41)17-29(30,31)32/h5-8,13-14,16,19H,3-4,9-12,15,17-18H2,1-2H3,(H,36,37). The SMILES string of the molecule is CCN(CC)c1cc(-c2ccc3nc(Cc4cc(CN5CCN(C(=O)CC(F)(F)F)CC5)ccn4)[nH]c3c2)ncn1. The van der Waals surface area contributed by atoms with Crippen molar-refractivity contribution >= 4 is 22.8 Å². The minimum Gasteiger partial charge on any atom is -0.357 e. The lowest BCUT2D eigenvalue weighted by atomic mass is 10.1. The third-order valence-corrected chi connectivity index (χ3v) is 7.28. The van der Waals surface area contributed by atoms with Crippen molar-refractivity contribution in [2.75, 3.05) is 44.2 Å². The van der Waals surface area contributed by atoms with Gasteiger partial charge in [-0.1, -0.05) is 6.07 Å². The Bertz CT molecular complexity index is 1490. The highest BCUT2D eigenvalue weighted by atomic mass is 19.4. The Balaban J connectivity index is 1.22. The zero-order valence-electron chi connectivity index (χ0n) is 23.2. The molecular formula is C29H33F3N8O. The largest absolute Gasteiger partial charge is 0.397 e. The molecule has 1 aromatic carbocycles. The van der Waals surface area contributed by atoms with Crippen LogP contribution in [-0.2, 0) is 17.8 Å². The number of rotatable bonds is 9. The van der Waals surface area contributed by atoms with E-state index < -0.39 is 18.5 Å². The van der Waals surface area contributed by atoms with Gasteiger partial charge in [-0.3, -0.25) is 14.7 Å². The smallest absolute Gasteiger partial charge is 0.357 e. The van der Waals surface area contributed by atoms with Crippen LogP contribution in [0.5, 0.6) is 0 Å². The van der Waals surface area contributed by atoms with E-state index in [1.807, 2.05) is 36.4 Å².